The normalized spacial score (nSPS) is 10.8. The van der Waals surface area contributed by atoms with E-state index in [1.54, 1.807) is 59.4 Å². The number of urea groups is 1. The zero-order valence-electron chi connectivity index (χ0n) is 14.4. The summed E-state index contributed by atoms with van der Waals surface area (Å²) in [6, 6.07) is 3.55. The van der Waals surface area contributed by atoms with E-state index in [2.05, 4.69) is 27.0 Å². The number of carbonyl (C=O) groups excluding carboxylic acids is 1. The number of aliphatic imine (C=N–C) groups is 1. The fraction of sp³-hybridized carbons (Fsp3) is 0.294. The molecule has 0 atom stereocenters. The molecule has 0 aliphatic heterocycles. The number of rotatable bonds is 8. The Morgan fingerprint density at radius 3 is 3.04 bits per heavy atom. The first kappa shape index (κ1) is 18.7. The van der Waals surface area contributed by atoms with Crippen LogP contribution < -0.4 is 10.2 Å². The number of carbonyl (C=O) groups is 1. The molecule has 0 aliphatic rings. The number of pyridine rings is 1. The second-order valence-electron chi connectivity index (χ2n) is 5.19. The predicted molar refractivity (Wildman–Crippen MR) is 104 cm³/mol. The Hall–Kier alpha value is -2.61. The van der Waals surface area contributed by atoms with Crippen LogP contribution in [0.4, 0.5) is 10.5 Å². The molecule has 0 radical (unpaired) electrons. The van der Waals surface area contributed by atoms with Gasteiger partial charge in [-0.2, -0.15) is 5.10 Å². The predicted octanol–water partition coefficient (Wildman–Crippen LogP) is 2.75. The molecule has 2 heterocycles. The van der Waals surface area contributed by atoms with Gasteiger partial charge < -0.3 is 5.32 Å². The number of hydrogen-bond donors (Lipinski definition) is 1. The molecule has 2 rings (SSSR count). The zero-order chi connectivity index (χ0) is 18.1. The first-order valence-corrected chi connectivity index (χ1v) is 8.79. The maximum atomic E-state index is 12.5. The minimum absolute atomic E-state index is 0.187. The number of nitrogens with one attached hydrogen (secondary N) is 1. The van der Waals surface area contributed by atoms with E-state index in [4.69, 9.17) is 0 Å². The lowest BCUT2D eigenvalue weighted by molar-refractivity contribution is 0.247. The maximum absolute atomic E-state index is 12.5. The molecular weight excluding hydrogens is 336 g/mol. The minimum Gasteiger partial charge on any atom is -0.337 e. The zero-order valence-corrected chi connectivity index (χ0v) is 15.2. The van der Waals surface area contributed by atoms with Gasteiger partial charge in [0.25, 0.3) is 0 Å². The van der Waals surface area contributed by atoms with E-state index in [0.29, 0.717) is 18.8 Å². The van der Waals surface area contributed by atoms with Crippen molar-refractivity contribution in [2.24, 2.45) is 4.99 Å². The van der Waals surface area contributed by atoms with E-state index in [-0.39, 0.29) is 6.03 Å². The summed E-state index contributed by atoms with van der Waals surface area (Å²) in [5.74, 6) is 0.783. The van der Waals surface area contributed by atoms with E-state index in [1.807, 2.05) is 19.1 Å². The van der Waals surface area contributed by atoms with Crippen molar-refractivity contribution in [3.05, 3.63) is 48.4 Å². The number of amides is 2. The van der Waals surface area contributed by atoms with Gasteiger partial charge in [0.2, 0.25) is 0 Å². The monoisotopic (exact) mass is 358 g/mol. The molecule has 0 bridgehead atoms. The molecule has 0 aromatic carbocycles. The van der Waals surface area contributed by atoms with Crippen molar-refractivity contribution in [3.8, 4) is 5.69 Å². The van der Waals surface area contributed by atoms with Gasteiger partial charge in [-0.05, 0) is 24.0 Å². The van der Waals surface area contributed by atoms with Crippen molar-refractivity contribution >= 4 is 29.7 Å². The van der Waals surface area contributed by atoms with E-state index in [1.165, 1.54) is 0 Å². The van der Waals surface area contributed by atoms with Gasteiger partial charge in [0.1, 0.15) is 0 Å². The Labute approximate surface area is 151 Å². The van der Waals surface area contributed by atoms with Crippen LogP contribution in [0, 0.1) is 0 Å². The van der Waals surface area contributed by atoms with Gasteiger partial charge in [0, 0.05) is 31.8 Å². The van der Waals surface area contributed by atoms with Gasteiger partial charge in [-0.25, -0.2) is 9.48 Å². The summed E-state index contributed by atoms with van der Waals surface area (Å²) >= 11 is 1.62. The van der Waals surface area contributed by atoms with Crippen LogP contribution in [0.5, 0.6) is 0 Å². The molecular formula is C17H22N6OS. The highest BCUT2D eigenvalue weighted by Crippen LogP contribution is 2.16. The van der Waals surface area contributed by atoms with Crippen LogP contribution in [-0.2, 0) is 0 Å². The van der Waals surface area contributed by atoms with Crippen molar-refractivity contribution in [3.63, 3.8) is 0 Å². The fourth-order valence-corrected chi connectivity index (χ4v) is 2.58. The summed E-state index contributed by atoms with van der Waals surface area (Å²) in [6.45, 7) is 6.71. The molecule has 0 fully saturated rings. The summed E-state index contributed by atoms with van der Waals surface area (Å²) in [6.07, 6.45) is 8.54. The van der Waals surface area contributed by atoms with Crippen molar-refractivity contribution in [1.29, 1.82) is 0 Å². The van der Waals surface area contributed by atoms with E-state index in [0.717, 1.165) is 16.3 Å². The SMILES string of the molecule is C=C(C)SCCNC(=O)N(CC=NC)c1cnn(-c2cccnc2)c1. The molecule has 0 spiro atoms. The molecule has 25 heavy (non-hydrogen) atoms. The van der Waals surface area contributed by atoms with Gasteiger partial charge in [-0.15, -0.1) is 11.8 Å². The van der Waals surface area contributed by atoms with Gasteiger partial charge >= 0.3 is 6.03 Å². The Bertz CT molecular complexity index is 728. The van der Waals surface area contributed by atoms with Crippen molar-refractivity contribution in [1.82, 2.24) is 20.1 Å². The van der Waals surface area contributed by atoms with E-state index in [9.17, 15) is 4.79 Å². The molecule has 7 nitrogen and oxygen atoms in total. The Morgan fingerprint density at radius 1 is 1.52 bits per heavy atom. The molecule has 8 heteroatoms. The standard InChI is InChI=1S/C17H22N6OS/c1-14(2)25-10-8-20-17(24)22(9-7-18-3)16-12-21-23(13-16)15-5-4-6-19-11-15/h4-7,11-13H,1,8-10H2,2-3H3,(H,20,24). The lowest BCUT2D eigenvalue weighted by atomic mass is 10.4. The van der Waals surface area contributed by atoms with Crippen LogP contribution >= 0.6 is 11.8 Å². The minimum atomic E-state index is -0.187. The second kappa shape index (κ2) is 9.63. The van der Waals surface area contributed by atoms with Gasteiger partial charge in [-0.3, -0.25) is 14.9 Å². The summed E-state index contributed by atoms with van der Waals surface area (Å²) < 4.78 is 1.68. The molecule has 0 aliphatic carbocycles. The molecule has 0 unspecified atom stereocenters. The van der Waals surface area contributed by atoms with Crippen LogP contribution in [0.15, 0.2) is 53.4 Å². The average Bonchev–Trinajstić information content (AvgIpc) is 3.09. The van der Waals surface area contributed by atoms with Crippen LogP contribution in [0.2, 0.25) is 0 Å². The highest BCUT2D eigenvalue weighted by Gasteiger charge is 2.16. The van der Waals surface area contributed by atoms with Crippen molar-refractivity contribution in [2.75, 3.05) is 30.8 Å². The summed E-state index contributed by atoms with van der Waals surface area (Å²) in [5, 5.41) is 7.22. The highest BCUT2D eigenvalue weighted by molar-refractivity contribution is 8.03. The molecule has 2 amide bonds. The third-order valence-corrected chi connectivity index (χ3v) is 4.11. The number of thioether (sulfide) groups is 1. The van der Waals surface area contributed by atoms with E-state index >= 15 is 0 Å². The Kier molecular flexibility index (Phi) is 7.21. The Morgan fingerprint density at radius 2 is 2.36 bits per heavy atom. The summed E-state index contributed by atoms with van der Waals surface area (Å²) in [7, 11) is 1.68. The number of allylic oxidation sites excluding steroid dienone is 1. The molecule has 2 aromatic rings. The highest BCUT2D eigenvalue weighted by atomic mass is 32.2. The van der Waals surface area contributed by atoms with Gasteiger partial charge in [0.05, 0.1) is 36.5 Å². The smallest absolute Gasteiger partial charge is 0.322 e. The van der Waals surface area contributed by atoms with Crippen LogP contribution in [0.25, 0.3) is 5.69 Å². The quantitative estimate of drug-likeness (QED) is 0.581. The van der Waals surface area contributed by atoms with Crippen LogP contribution in [0.1, 0.15) is 6.92 Å². The number of nitrogens with zero attached hydrogens (tertiary/aromatic N) is 5. The Balaban J connectivity index is 2.07. The van der Waals surface area contributed by atoms with Gasteiger partial charge in [-0.1, -0.05) is 6.58 Å². The topological polar surface area (TPSA) is 75.4 Å². The third kappa shape index (κ3) is 5.75. The van der Waals surface area contributed by atoms with Crippen LogP contribution in [0.3, 0.4) is 0 Å². The molecule has 2 aromatic heterocycles. The second-order valence-corrected chi connectivity index (χ2v) is 6.58. The first-order valence-electron chi connectivity index (χ1n) is 7.81. The lowest BCUT2D eigenvalue weighted by Gasteiger charge is -2.19. The largest absolute Gasteiger partial charge is 0.337 e. The third-order valence-electron chi connectivity index (χ3n) is 3.21. The number of anilines is 1. The average molecular weight is 358 g/mol. The van der Waals surface area contributed by atoms with E-state index < -0.39 is 0 Å². The summed E-state index contributed by atoms with van der Waals surface area (Å²) in [5.41, 5.74) is 1.52. The molecule has 0 saturated carbocycles. The number of hydrogen-bond acceptors (Lipinski definition) is 5. The fourth-order valence-electron chi connectivity index (χ4n) is 2.03. The first-order chi connectivity index (χ1) is 12.1. The van der Waals surface area contributed by atoms with Crippen molar-refractivity contribution in [2.45, 2.75) is 6.92 Å². The van der Waals surface area contributed by atoms with Crippen LogP contribution in [-0.4, -0.2) is 52.9 Å². The lowest BCUT2D eigenvalue weighted by Crippen LogP contribution is -2.41. The summed E-state index contributed by atoms with van der Waals surface area (Å²) in [4.78, 5) is 23.2. The molecule has 0 saturated heterocycles. The number of aromatic nitrogens is 3. The molecule has 1 N–H and O–H groups in total. The molecule has 132 valence electrons. The maximum Gasteiger partial charge on any atom is 0.322 e. The van der Waals surface area contributed by atoms with Gasteiger partial charge in [0.15, 0.2) is 0 Å². The van der Waals surface area contributed by atoms with Crippen molar-refractivity contribution < 1.29 is 4.79 Å².